The number of pyridine rings is 1. The second kappa shape index (κ2) is 4.39. The van der Waals surface area contributed by atoms with Crippen molar-refractivity contribution in [3.05, 3.63) is 30.5 Å². The lowest BCUT2D eigenvalue weighted by molar-refractivity contribution is 0.272. The quantitative estimate of drug-likeness (QED) is 0.802. The van der Waals surface area contributed by atoms with E-state index in [1.807, 2.05) is 24.3 Å². The molecule has 1 aromatic heterocycles. The van der Waals surface area contributed by atoms with Crippen LogP contribution in [0.3, 0.4) is 0 Å². The van der Waals surface area contributed by atoms with Gasteiger partial charge in [-0.3, -0.25) is 4.98 Å². The van der Waals surface area contributed by atoms with Gasteiger partial charge in [0.2, 0.25) is 0 Å². The van der Waals surface area contributed by atoms with Gasteiger partial charge in [0.1, 0.15) is 5.75 Å². The Kier molecular flexibility index (Phi) is 2.95. The molecule has 2 N–H and O–H groups in total. The third-order valence-corrected chi connectivity index (χ3v) is 2.36. The van der Waals surface area contributed by atoms with Crippen molar-refractivity contribution in [1.82, 2.24) is 4.98 Å². The second-order valence-corrected chi connectivity index (χ2v) is 4.25. The molecule has 0 bridgehead atoms. The molecule has 0 saturated heterocycles. The molecule has 3 heteroatoms. The average molecular weight is 216 g/mol. The van der Waals surface area contributed by atoms with Crippen molar-refractivity contribution >= 4 is 16.6 Å². The first-order valence-electron chi connectivity index (χ1n) is 5.44. The van der Waals surface area contributed by atoms with Crippen molar-refractivity contribution in [3.63, 3.8) is 0 Å². The maximum atomic E-state index is 6.04. The van der Waals surface area contributed by atoms with Gasteiger partial charge in [0.15, 0.2) is 0 Å². The van der Waals surface area contributed by atoms with Crippen LogP contribution in [-0.4, -0.2) is 11.6 Å². The van der Waals surface area contributed by atoms with E-state index in [0.29, 0.717) is 18.2 Å². The number of fused-ring (bicyclic) bond motifs is 1. The molecule has 0 amide bonds. The molecule has 2 aromatic rings. The number of nitrogen functional groups attached to an aromatic ring is 1. The zero-order chi connectivity index (χ0) is 11.5. The fraction of sp³-hybridized carbons (Fsp3) is 0.308. The molecule has 0 aliphatic heterocycles. The van der Waals surface area contributed by atoms with Crippen LogP contribution in [0.5, 0.6) is 5.75 Å². The summed E-state index contributed by atoms with van der Waals surface area (Å²) in [6.07, 6.45) is 1.76. The van der Waals surface area contributed by atoms with E-state index in [4.69, 9.17) is 10.5 Å². The molecule has 0 spiro atoms. The van der Waals surface area contributed by atoms with Crippen LogP contribution in [0.25, 0.3) is 10.9 Å². The number of hydrogen-bond donors (Lipinski definition) is 1. The highest BCUT2D eigenvalue weighted by atomic mass is 16.5. The SMILES string of the molecule is CC(C)COc1ccc2ncccc2c1N. The van der Waals surface area contributed by atoms with Crippen LogP contribution in [-0.2, 0) is 0 Å². The van der Waals surface area contributed by atoms with Crippen molar-refractivity contribution in [1.29, 1.82) is 0 Å². The first-order chi connectivity index (χ1) is 7.68. The molecule has 1 aromatic carbocycles. The van der Waals surface area contributed by atoms with Gasteiger partial charge in [0.05, 0.1) is 17.8 Å². The monoisotopic (exact) mass is 216 g/mol. The molecule has 0 radical (unpaired) electrons. The van der Waals surface area contributed by atoms with E-state index < -0.39 is 0 Å². The first kappa shape index (κ1) is 10.7. The lowest BCUT2D eigenvalue weighted by Gasteiger charge is -2.12. The van der Waals surface area contributed by atoms with Gasteiger partial charge >= 0.3 is 0 Å². The summed E-state index contributed by atoms with van der Waals surface area (Å²) in [5.41, 5.74) is 7.61. The topological polar surface area (TPSA) is 48.1 Å². The summed E-state index contributed by atoms with van der Waals surface area (Å²) in [5.74, 6) is 1.23. The van der Waals surface area contributed by atoms with Gasteiger partial charge in [-0.25, -0.2) is 0 Å². The Morgan fingerprint density at radius 2 is 2.12 bits per heavy atom. The Labute approximate surface area is 95.2 Å². The van der Waals surface area contributed by atoms with Crippen molar-refractivity contribution in [2.45, 2.75) is 13.8 Å². The van der Waals surface area contributed by atoms with Gasteiger partial charge < -0.3 is 10.5 Å². The third kappa shape index (κ3) is 2.08. The van der Waals surface area contributed by atoms with E-state index in [9.17, 15) is 0 Å². The fourth-order valence-electron chi connectivity index (χ4n) is 1.54. The highest BCUT2D eigenvalue weighted by molar-refractivity contribution is 5.93. The summed E-state index contributed by atoms with van der Waals surface area (Å²) in [7, 11) is 0. The van der Waals surface area contributed by atoms with Gasteiger partial charge in [-0.2, -0.15) is 0 Å². The molecule has 3 nitrogen and oxygen atoms in total. The van der Waals surface area contributed by atoms with Crippen LogP contribution < -0.4 is 10.5 Å². The molecule has 0 atom stereocenters. The summed E-state index contributed by atoms with van der Waals surface area (Å²) >= 11 is 0. The van der Waals surface area contributed by atoms with Gasteiger partial charge in [0.25, 0.3) is 0 Å². The summed E-state index contributed by atoms with van der Waals surface area (Å²) < 4.78 is 5.65. The molecule has 16 heavy (non-hydrogen) atoms. The van der Waals surface area contributed by atoms with Crippen LogP contribution in [0.1, 0.15) is 13.8 Å². The van der Waals surface area contributed by atoms with Crippen molar-refractivity contribution in [3.8, 4) is 5.75 Å². The van der Waals surface area contributed by atoms with Crippen molar-refractivity contribution in [2.75, 3.05) is 12.3 Å². The maximum Gasteiger partial charge on any atom is 0.142 e. The third-order valence-electron chi connectivity index (χ3n) is 2.36. The summed E-state index contributed by atoms with van der Waals surface area (Å²) in [6.45, 7) is 4.90. The Morgan fingerprint density at radius 3 is 2.88 bits per heavy atom. The van der Waals surface area contributed by atoms with Crippen molar-refractivity contribution in [2.24, 2.45) is 5.92 Å². The minimum atomic E-state index is 0.490. The summed E-state index contributed by atoms with van der Waals surface area (Å²) in [6, 6.07) is 7.65. The number of nitrogens with zero attached hydrogens (tertiary/aromatic N) is 1. The lowest BCUT2D eigenvalue weighted by Crippen LogP contribution is -2.06. The number of aromatic nitrogens is 1. The molecule has 84 valence electrons. The van der Waals surface area contributed by atoms with Gasteiger partial charge in [-0.15, -0.1) is 0 Å². The van der Waals surface area contributed by atoms with Crippen LogP contribution in [0.4, 0.5) is 5.69 Å². The summed E-state index contributed by atoms with van der Waals surface area (Å²) in [4.78, 5) is 4.24. The zero-order valence-electron chi connectivity index (χ0n) is 9.60. The number of ether oxygens (including phenoxy) is 1. The minimum absolute atomic E-state index is 0.490. The van der Waals surface area contributed by atoms with Crippen molar-refractivity contribution < 1.29 is 4.74 Å². The molecule has 0 fully saturated rings. The second-order valence-electron chi connectivity index (χ2n) is 4.25. The molecule has 0 aliphatic rings. The predicted octanol–water partition coefficient (Wildman–Crippen LogP) is 2.85. The van der Waals surface area contributed by atoms with E-state index in [1.165, 1.54) is 0 Å². The van der Waals surface area contributed by atoms with Gasteiger partial charge in [-0.05, 0) is 30.2 Å². The highest BCUT2D eigenvalue weighted by Gasteiger charge is 2.06. The van der Waals surface area contributed by atoms with Crippen LogP contribution in [0.15, 0.2) is 30.5 Å². The van der Waals surface area contributed by atoms with E-state index >= 15 is 0 Å². The summed E-state index contributed by atoms with van der Waals surface area (Å²) in [5, 5.41) is 0.948. The average Bonchev–Trinajstić information content (AvgIpc) is 2.28. The number of rotatable bonds is 3. The van der Waals surface area contributed by atoms with Gasteiger partial charge in [0, 0.05) is 11.6 Å². The van der Waals surface area contributed by atoms with E-state index in [1.54, 1.807) is 6.20 Å². The standard InChI is InChI=1S/C13H16N2O/c1-9(2)8-16-12-6-5-11-10(13(12)14)4-3-7-15-11/h3-7,9H,8,14H2,1-2H3. The Bertz CT molecular complexity index is 494. The number of hydrogen-bond acceptors (Lipinski definition) is 3. The Balaban J connectivity index is 2.37. The molecule has 0 aliphatic carbocycles. The minimum Gasteiger partial charge on any atom is -0.491 e. The Morgan fingerprint density at radius 1 is 1.31 bits per heavy atom. The maximum absolute atomic E-state index is 6.04. The zero-order valence-corrected chi connectivity index (χ0v) is 9.60. The fourth-order valence-corrected chi connectivity index (χ4v) is 1.54. The highest BCUT2D eigenvalue weighted by Crippen LogP contribution is 2.29. The predicted molar refractivity (Wildman–Crippen MR) is 66.5 cm³/mol. The smallest absolute Gasteiger partial charge is 0.142 e. The van der Waals surface area contributed by atoms with E-state index in [0.717, 1.165) is 16.7 Å². The molecular formula is C13H16N2O. The van der Waals surface area contributed by atoms with E-state index in [2.05, 4.69) is 18.8 Å². The van der Waals surface area contributed by atoms with Crippen LogP contribution >= 0.6 is 0 Å². The van der Waals surface area contributed by atoms with Gasteiger partial charge in [-0.1, -0.05) is 13.8 Å². The lowest BCUT2D eigenvalue weighted by atomic mass is 10.1. The number of benzene rings is 1. The van der Waals surface area contributed by atoms with E-state index in [-0.39, 0.29) is 0 Å². The first-order valence-corrected chi connectivity index (χ1v) is 5.44. The van der Waals surface area contributed by atoms with Crippen LogP contribution in [0, 0.1) is 5.92 Å². The van der Waals surface area contributed by atoms with Crippen LogP contribution in [0.2, 0.25) is 0 Å². The molecular weight excluding hydrogens is 200 g/mol. The normalized spacial score (nSPS) is 10.9. The number of anilines is 1. The Hall–Kier alpha value is -1.77. The molecule has 0 saturated carbocycles. The molecule has 0 unspecified atom stereocenters. The molecule has 1 heterocycles. The molecule has 2 rings (SSSR count). The number of nitrogens with two attached hydrogens (primary N) is 1. The largest absolute Gasteiger partial charge is 0.491 e.